The number of hydrogen-bond acceptors (Lipinski definition) is 2. The van der Waals surface area contributed by atoms with Crippen molar-refractivity contribution in [2.24, 2.45) is 0 Å². The molecule has 2 rings (SSSR count). The highest BCUT2D eigenvalue weighted by atomic mass is 35.5. The van der Waals surface area contributed by atoms with Crippen LogP contribution in [0.25, 0.3) is 0 Å². The average molecular weight is 369 g/mol. The van der Waals surface area contributed by atoms with Crippen LogP contribution in [0.15, 0.2) is 42.5 Å². The van der Waals surface area contributed by atoms with Gasteiger partial charge in [0.2, 0.25) is 0 Å². The van der Waals surface area contributed by atoms with E-state index in [9.17, 15) is 4.79 Å². The molecule has 6 heteroatoms. The Morgan fingerprint density at radius 3 is 2.61 bits per heavy atom. The van der Waals surface area contributed by atoms with E-state index in [-0.39, 0.29) is 19.1 Å². The van der Waals surface area contributed by atoms with Gasteiger partial charge in [0.1, 0.15) is 5.75 Å². The molecule has 0 unspecified atom stereocenters. The van der Waals surface area contributed by atoms with Crippen LogP contribution in [0.1, 0.15) is 5.56 Å². The third-order valence-electron chi connectivity index (χ3n) is 2.68. The quantitative estimate of drug-likeness (QED) is 0.822. The van der Waals surface area contributed by atoms with Crippen LogP contribution < -0.4 is 10.1 Å². The number of halogens is 3. The van der Waals surface area contributed by atoms with E-state index in [1.807, 2.05) is 12.1 Å². The standard InChI is InChI=1S/C17H12Cl3NO2/c18-13-5-1-3-12(9-13)4-2-8-21-17(22)11-23-16-7-6-14(19)10-15(16)20/h1,3,5-7,9-10H,8,11H2,(H,21,22). The van der Waals surface area contributed by atoms with E-state index in [1.165, 1.54) is 0 Å². The molecule has 0 aliphatic rings. The summed E-state index contributed by atoms with van der Waals surface area (Å²) < 4.78 is 5.32. The molecular formula is C17H12Cl3NO2. The minimum atomic E-state index is -0.295. The van der Waals surface area contributed by atoms with Crippen molar-refractivity contribution < 1.29 is 9.53 Å². The highest BCUT2D eigenvalue weighted by Crippen LogP contribution is 2.27. The molecule has 0 fully saturated rings. The van der Waals surface area contributed by atoms with Gasteiger partial charge in [-0.15, -0.1) is 0 Å². The van der Waals surface area contributed by atoms with E-state index in [4.69, 9.17) is 39.5 Å². The van der Waals surface area contributed by atoms with Crippen molar-refractivity contribution in [1.29, 1.82) is 0 Å². The summed E-state index contributed by atoms with van der Waals surface area (Å²) in [6.07, 6.45) is 0. The molecule has 1 amide bonds. The van der Waals surface area contributed by atoms with Crippen LogP contribution in [-0.4, -0.2) is 19.1 Å². The smallest absolute Gasteiger partial charge is 0.258 e. The summed E-state index contributed by atoms with van der Waals surface area (Å²) in [6.45, 7) is 0.0588. The Morgan fingerprint density at radius 2 is 1.87 bits per heavy atom. The SMILES string of the molecule is O=C(COc1ccc(Cl)cc1Cl)NCC#Cc1cccc(Cl)c1. The van der Waals surface area contributed by atoms with Crippen LogP contribution >= 0.6 is 34.8 Å². The van der Waals surface area contributed by atoms with E-state index < -0.39 is 0 Å². The predicted molar refractivity (Wildman–Crippen MR) is 93.3 cm³/mol. The van der Waals surface area contributed by atoms with E-state index in [2.05, 4.69) is 17.2 Å². The number of rotatable bonds is 4. The summed E-state index contributed by atoms with van der Waals surface area (Å²) in [5.41, 5.74) is 0.788. The molecular weight excluding hydrogens is 357 g/mol. The Hall–Kier alpha value is -1.86. The van der Waals surface area contributed by atoms with Gasteiger partial charge in [0.25, 0.3) is 5.91 Å². The second kappa shape index (κ2) is 8.69. The summed E-state index contributed by atoms with van der Waals surface area (Å²) in [5.74, 6) is 5.85. The Morgan fingerprint density at radius 1 is 1.09 bits per heavy atom. The number of carbonyl (C=O) groups is 1. The normalized spacial score (nSPS) is 9.70. The average Bonchev–Trinajstić information content (AvgIpc) is 2.51. The first-order chi connectivity index (χ1) is 11.0. The fourth-order valence-corrected chi connectivity index (χ4v) is 2.30. The van der Waals surface area contributed by atoms with Gasteiger partial charge in [-0.05, 0) is 36.4 Å². The lowest BCUT2D eigenvalue weighted by Gasteiger charge is -2.07. The Bertz CT molecular complexity index is 766. The van der Waals surface area contributed by atoms with E-state index in [1.54, 1.807) is 30.3 Å². The molecule has 0 saturated carbocycles. The van der Waals surface area contributed by atoms with Gasteiger partial charge in [-0.1, -0.05) is 52.7 Å². The molecule has 0 radical (unpaired) electrons. The third-order valence-corrected chi connectivity index (χ3v) is 3.45. The minimum Gasteiger partial charge on any atom is -0.482 e. The fraction of sp³-hybridized carbons (Fsp3) is 0.118. The van der Waals surface area contributed by atoms with Crippen LogP contribution in [0.5, 0.6) is 5.75 Å². The van der Waals surface area contributed by atoms with Crippen LogP contribution in [0.2, 0.25) is 15.1 Å². The molecule has 2 aromatic carbocycles. The van der Waals surface area contributed by atoms with Crippen molar-refractivity contribution in [3.05, 3.63) is 63.1 Å². The maximum absolute atomic E-state index is 11.7. The number of nitrogens with one attached hydrogen (secondary N) is 1. The lowest BCUT2D eigenvalue weighted by Crippen LogP contribution is -2.29. The first kappa shape index (κ1) is 17.5. The van der Waals surface area contributed by atoms with Crippen molar-refractivity contribution in [1.82, 2.24) is 5.32 Å². The number of benzene rings is 2. The summed E-state index contributed by atoms with van der Waals surface area (Å²) in [6, 6.07) is 12.0. The highest BCUT2D eigenvalue weighted by molar-refractivity contribution is 6.35. The lowest BCUT2D eigenvalue weighted by atomic mass is 10.2. The van der Waals surface area contributed by atoms with E-state index >= 15 is 0 Å². The molecule has 118 valence electrons. The largest absolute Gasteiger partial charge is 0.482 e. The van der Waals surface area contributed by atoms with Gasteiger partial charge in [0.05, 0.1) is 11.6 Å². The Kier molecular flexibility index (Phi) is 6.61. The lowest BCUT2D eigenvalue weighted by molar-refractivity contribution is -0.122. The van der Waals surface area contributed by atoms with Crippen LogP contribution in [0.3, 0.4) is 0 Å². The van der Waals surface area contributed by atoms with Crippen LogP contribution in [0.4, 0.5) is 0 Å². The monoisotopic (exact) mass is 367 g/mol. The van der Waals surface area contributed by atoms with Gasteiger partial charge in [0, 0.05) is 15.6 Å². The van der Waals surface area contributed by atoms with Crippen molar-refractivity contribution in [2.45, 2.75) is 0 Å². The maximum Gasteiger partial charge on any atom is 0.258 e. The molecule has 0 atom stereocenters. The molecule has 3 nitrogen and oxygen atoms in total. The highest BCUT2D eigenvalue weighted by Gasteiger charge is 2.05. The summed E-state index contributed by atoms with van der Waals surface area (Å²) in [5, 5.41) is 4.10. The number of ether oxygens (including phenoxy) is 1. The Labute approximate surface area is 149 Å². The Balaban J connectivity index is 1.77. The van der Waals surface area contributed by atoms with Gasteiger partial charge >= 0.3 is 0 Å². The fourth-order valence-electron chi connectivity index (χ4n) is 1.64. The number of carbonyl (C=O) groups excluding carboxylic acids is 1. The molecule has 23 heavy (non-hydrogen) atoms. The van der Waals surface area contributed by atoms with Crippen molar-refractivity contribution in [3.8, 4) is 17.6 Å². The zero-order valence-corrected chi connectivity index (χ0v) is 14.2. The van der Waals surface area contributed by atoms with Crippen LogP contribution in [-0.2, 0) is 4.79 Å². The second-order valence-corrected chi connectivity index (χ2v) is 5.73. The molecule has 2 aromatic rings. The number of amides is 1. The van der Waals surface area contributed by atoms with Crippen molar-refractivity contribution >= 4 is 40.7 Å². The molecule has 0 bridgehead atoms. The first-order valence-corrected chi connectivity index (χ1v) is 7.77. The first-order valence-electron chi connectivity index (χ1n) is 6.63. The molecule has 0 saturated heterocycles. The molecule has 1 N–H and O–H groups in total. The summed E-state index contributed by atoms with van der Waals surface area (Å²) in [7, 11) is 0. The summed E-state index contributed by atoms with van der Waals surface area (Å²) >= 11 is 17.6. The van der Waals surface area contributed by atoms with Gasteiger partial charge in [-0.3, -0.25) is 4.79 Å². The van der Waals surface area contributed by atoms with E-state index in [0.29, 0.717) is 20.8 Å². The molecule has 0 spiro atoms. The van der Waals surface area contributed by atoms with Crippen molar-refractivity contribution in [2.75, 3.05) is 13.2 Å². The van der Waals surface area contributed by atoms with Gasteiger partial charge in [-0.2, -0.15) is 0 Å². The van der Waals surface area contributed by atoms with Crippen LogP contribution in [0, 0.1) is 11.8 Å². The minimum absolute atomic E-state index is 0.153. The van der Waals surface area contributed by atoms with E-state index in [0.717, 1.165) is 5.56 Å². The van der Waals surface area contributed by atoms with Gasteiger partial charge in [-0.25, -0.2) is 0 Å². The molecule has 0 aromatic heterocycles. The molecule has 0 aliphatic carbocycles. The zero-order chi connectivity index (χ0) is 16.7. The topological polar surface area (TPSA) is 38.3 Å². The van der Waals surface area contributed by atoms with Gasteiger partial charge < -0.3 is 10.1 Å². The molecule has 0 aliphatic heterocycles. The van der Waals surface area contributed by atoms with Crippen molar-refractivity contribution in [3.63, 3.8) is 0 Å². The maximum atomic E-state index is 11.7. The van der Waals surface area contributed by atoms with Gasteiger partial charge in [0.15, 0.2) is 6.61 Å². The predicted octanol–water partition coefficient (Wildman–Crippen LogP) is 4.19. The zero-order valence-electron chi connectivity index (χ0n) is 11.9. The third kappa shape index (κ3) is 6.03. The molecule has 0 heterocycles. The second-order valence-electron chi connectivity index (χ2n) is 4.45. The number of hydrogen-bond donors (Lipinski definition) is 1. The summed E-state index contributed by atoms with van der Waals surface area (Å²) in [4.78, 5) is 11.7.